The van der Waals surface area contributed by atoms with Crippen LogP contribution in [-0.4, -0.2) is 39.0 Å². The Kier molecular flexibility index (Phi) is 4.35. The Morgan fingerprint density at radius 1 is 1.53 bits per heavy atom. The average molecular weight is 305 g/mol. The molecule has 1 aliphatic heterocycles. The molecule has 1 atom stereocenters. The van der Waals surface area contributed by atoms with Crippen LogP contribution in [0.2, 0.25) is 5.02 Å². The molecular weight excluding hydrogens is 288 g/mol. The highest BCUT2D eigenvalue weighted by Crippen LogP contribution is 2.32. The van der Waals surface area contributed by atoms with Crippen LogP contribution in [0, 0.1) is 0 Å². The lowest BCUT2D eigenvalue weighted by atomic mass is 10.2. The molecule has 0 aliphatic carbocycles. The second kappa shape index (κ2) is 5.66. The van der Waals surface area contributed by atoms with Crippen LogP contribution in [0.3, 0.4) is 0 Å². The highest BCUT2D eigenvalue weighted by atomic mass is 35.5. The Balaban J connectivity index is 2.47. The van der Waals surface area contributed by atoms with Gasteiger partial charge in [-0.2, -0.15) is 4.31 Å². The van der Waals surface area contributed by atoms with Crippen molar-refractivity contribution in [3.8, 4) is 5.75 Å². The van der Waals surface area contributed by atoms with E-state index in [0.717, 1.165) is 12.8 Å². The number of hydrogen-bond acceptors (Lipinski definition) is 4. The third kappa shape index (κ3) is 2.72. The van der Waals surface area contributed by atoms with Crippen LogP contribution in [0.5, 0.6) is 5.75 Å². The molecule has 0 aromatic heterocycles. The van der Waals surface area contributed by atoms with E-state index in [1.165, 1.54) is 17.5 Å². The van der Waals surface area contributed by atoms with Crippen LogP contribution in [-0.2, 0) is 10.0 Å². The average Bonchev–Trinajstić information content (AvgIpc) is 2.87. The monoisotopic (exact) mass is 304 g/mol. The zero-order chi connectivity index (χ0) is 14.0. The molecule has 1 aromatic rings. The molecule has 0 radical (unpaired) electrons. The molecule has 2 rings (SSSR count). The Morgan fingerprint density at radius 3 is 2.89 bits per heavy atom. The fourth-order valence-electron chi connectivity index (χ4n) is 2.34. The SMILES string of the molecule is COc1ccc(Cl)cc1S(=O)(=O)N1CCCC1CN. The number of hydrogen-bond donors (Lipinski definition) is 1. The van der Waals surface area contributed by atoms with E-state index in [9.17, 15) is 8.42 Å². The maximum atomic E-state index is 12.7. The summed E-state index contributed by atoms with van der Waals surface area (Å²) in [6, 6.07) is 4.43. The molecule has 7 heteroatoms. The molecule has 1 fully saturated rings. The third-order valence-electron chi connectivity index (χ3n) is 3.31. The zero-order valence-electron chi connectivity index (χ0n) is 10.7. The van der Waals surface area contributed by atoms with E-state index in [0.29, 0.717) is 23.9 Å². The fraction of sp³-hybridized carbons (Fsp3) is 0.500. The van der Waals surface area contributed by atoms with E-state index >= 15 is 0 Å². The maximum Gasteiger partial charge on any atom is 0.247 e. The predicted molar refractivity (Wildman–Crippen MR) is 74.0 cm³/mol. The van der Waals surface area contributed by atoms with E-state index in [2.05, 4.69) is 0 Å². The lowest BCUT2D eigenvalue weighted by molar-refractivity contribution is 0.379. The maximum absolute atomic E-state index is 12.7. The van der Waals surface area contributed by atoms with E-state index in [4.69, 9.17) is 22.1 Å². The number of halogens is 1. The molecule has 0 bridgehead atoms. The molecule has 1 aromatic carbocycles. The Bertz CT molecular complexity index is 562. The van der Waals surface area contributed by atoms with Crippen molar-refractivity contribution in [2.45, 2.75) is 23.8 Å². The van der Waals surface area contributed by atoms with Gasteiger partial charge in [-0.1, -0.05) is 11.6 Å². The van der Waals surface area contributed by atoms with Crippen molar-refractivity contribution < 1.29 is 13.2 Å². The number of methoxy groups -OCH3 is 1. The summed E-state index contributed by atoms with van der Waals surface area (Å²) in [5.74, 6) is 0.298. The van der Waals surface area contributed by atoms with Crippen molar-refractivity contribution in [1.82, 2.24) is 4.31 Å². The van der Waals surface area contributed by atoms with Gasteiger partial charge in [-0.25, -0.2) is 8.42 Å². The molecule has 5 nitrogen and oxygen atoms in total. The second-order valence-corrected chi connectivity index (χ2v) is 6.74. The summed E-state index contributed by atoms with van der Waals surface area (Å²) in [7, 11) is -2.18. The first-order chi connectivity index (χ1) is 9.00. The Hall–Kier alpha value is -0.820. The van der Waals surface area contributed by atoms with Crippen molar-refractivity contribution in [3.63, 3.8) is 0 Å². The van der Waals surface area contributed by atoms with E-state index in [1.54, 1.807) is 12.1 Å². The summed E-state index contributed by atoms with van der Waals surface area (Å²) < 4.78 is 31.9. The van der Waals surface area contributed by atoms with Gasteiger partial charge in [0.25, 0.3) is 0 Å². The fourth-order valence-corrected chi connectivity index (χ4v) is 4.46. The molecule has 2 N–H and O–H groups in total. The first-order valence-electron chi connectivity index (χ1n) is 6.06. The molecule has 0 saturated carbocycles. The molecule has 1 saturated heterocycles. The minimum absolute atomic E-state index is 0.0999. The number of benzene rings is 1. The van der Waals surface area contributed by atoms with Gasteiger partial charge in [0, 0.05) is 24.2 Å². The standard InChI is InChI=1S/C12H17ClN2O3S/c1-18-11-5-4-9(13)7-12(11)19(16,17)15-6-2-3-10(15)8-14/h4-5,7,10H,2-3,6,8,14H2,1H3. The predicted octanol–water partition coefficient (Wildman–Crippen LogP) is 1.46. The minimum Gasteiger partial charge on any atom is -0.495 e. The molecule has 1 unspecified atom stereocenters. The summed E-state index contributed by atoms with van der Waals surface area (Å²) in [5, 5.41) is 0.364. The van der Waals surface area contributed by atoms with Gasteiger partial charge in [-0.05, 0) is 31.0 Å². The number of nitrogens with two attached hydrogens (primary N) is 1. The van der Waals surface area contributed by atoms with Crippen LogP contribution in [0.15, 0.2) is 23.1 Å². The van der Waals surface area contributed by atoms with Crippen LogP contribution < -0.4 is 10.5 Å². The molecule has 1 aliphatic rings. The van der Waals surface area contributed by atoms with Crippen molar-refractivity contribution in [2.75, 3.05) is 20.2 Å². The molecular formula is C12H17ClN2O3S. The molecule has 0 amide bonds. The van der Waals surface area contributed by atoms with Crippen molar-refractivity contribution in [1.29, 1.82) is 0 Å². The zero-order valence-corrected chi connectivity index (χ0v) is 12.2. The minimum atomic E-state index is -3.62. The summed E-state index contributed by atoms with van der Waals surface area (Å²) in [6.45, 7) is 0.808. The van der Waals surface area contributed by atoms with Crippen LogP contribution >= 0.6 is 11.6 Å². The van der Waals surface area contributed by atoms with Gasteiger partial charge in [0.2, 0.25) is 10.0 Å². The van der Waals surface area contributed by atoms with Gasteiger partial charge in [0.05, 0.1) is 7.11 Å². The van der Waals surface area contributed by atoms with E-state index in [-0.39, 0.29) is 10.9 Å². The first kappa shape index (κ1) is 14.6. The van der Waals surface area contributed by atoms with Gasteiger partial charge in [-0.3, -0.25) is 0 Å². The summed E-state index contributed by atoms with van der Waals surface area (Å²) in [6.07, 6.45) is 1.61. The normalized spacial score (nSPS) is 20.7. The smallest absolute Gasteiger partial charge is 0.247 e. The van der Waals surface area contributed by atoms with Crippen LogP contribution in [0.25, 0.3) is 0 Å². The van der Waals surface area contributed by atoms with E-state index in [1.807, 2.05) is 0 Å². The lowest BCUT2D eigenvalue weighted by Crippen LogP contribution is -2.39. The number of sulfonamides is 1. The van der Waals surface area contributed by atoms with Gasteiger partial charge < -0.3 is 10.5 Å². The Morgan fingerprint density at radius 2 is 2.26 bits per heavy atom. The largest absolute Gasteiger partial charge is 0.495 e. The molecule has 19 heavy (non-hydrogen) atoms. The summed E-state index contributed by atoms with van der Waals surface area (Å²) >= 11 is 5.89. The quantitative estimate of drug-likeness (QED) is 0.914. The Labute approximate surface area is 118 Å². The van der Waals surface area contributed by atoms with E-state index < -0.39 is 10.0 Å². The number of rotatable bonds is 4. The van der Waals surface area contributed by atoms with Crippen LogP contribution in [0.1, 0.15) is 12.8 Å². The molecule has 1 heterocycles. The van der Waals surface area contributed by atoms with Gasteiger partial charge >= 0.3 is 0 Å². The highest BCUT2D eigenvalue weighted by molar-refractivity contribution is 7.89. The topological polar surface area (TPSA) is 72.6 Å². The van der Waals surface area contributed by atoms with Crippen molar-refractivity contribution >= 4 is 21.6 Å². The van der Waals surface area contributed by atoms with Gasteiger partial charge in [0.1, 0.15) is 10.6 Å². The third-order valence-corrected chi connectivity index (χ3v) is 5.52. The van der Waals surface area contributed by atoms with Crippen molar-refractivity contribution in [2.24, 2.45) is 5.73 Å². The second-order valence-electron chi connectivity index (χ2n) is 4.44. The molecule has 106 valence electrons. The van der Waals surface area contributed by atoms with Crippen molar-refractivity contribution in [3.05, 3.63) is 23.2 Å². The summed E-state index contributed by atoms with van der Waals surface area (Å²) in [4.78, 5) is 0.0999. The summed E-state index contributed by atoms with van der Waals surface area (Å²) in [5.41, 5.74) is 5.64. The lowest BCUT2D eigenvalue weighted by Gasteiger charge is -2.23. The van der Waals surface area contributed by atoms with Gasteiger partial charge in [-0.15, -0.1) is 0 Å². The number of ether oxygens (including phenoxy) is 1. The first-order valence-corrected chi connectivity index (χ1v) is 7.88. The van der Waals surface area contributed by atoms with Crippen LogP contribution in [0.4, 0.5) is 0 Å². The number of nitrogens with zero attached hydrogens (tertiary/aromatic N) is 1. The molecule has 0 spiro atoms. The highest BCUT2D eigenvalue weighted by Gasteiger charge is 2.36. The van der Waals surface area contributed by atoms with Gasteiger partial charge in [0.15, 0.2) is 0 Å².